The molecular weight excluding hydrogens is 350 g/mol. The number of nitrogens with one attached hydrogen (secondary N) is 1. The van der Waals surface area contributed by atoms with E-state index in [1.54, 1.807) is 23.5 Å². The molecule has 1 aliphatic rings. The highest BCUT2D eigenvalue weighted by Crippen LogP contribution is 2.32. The molecule has 138 valence electrons. The quantitative estimate of drug-likeness (QED) is 0.814. The summed E-state index contributed by atoms with van der Waals surface area (Å²) >= 11 is 1.59. The van der Waals surface area contributed by atoms with Gasteiger partial charge in [0.2, 0.25) is 0 Å². The van der Waals surface area contributed by atoms with E-state index in [1.807, 2.05) is 12.1 Å². The van der Waals surface area contributed by atoms with Crippen LogP contribution in [-0.2, 0) is 24.1 Å². The van der Waals surface area contributed by atoms with Gasteiger partial charge in [0.05, 0.1) is 19.1 Å². The first-order chi connectivity index (χ1) is 12.5. The number of fused-ring (bicyclic) bond motifs is 1. The molecule has 0 bridgehead atoms. The van der Waals surface area contributed by atoms with E-state index in [4.69, 9.17) is 9.47 Å². The van der Waals surface area contributed by atoms with Crippen LogP contribution in [0.25, 0.3) is 0 Å². The van der Waals surface area contributed by atoms with Crippen molar-refractivity contribution in [1.29, 1.82) is 0 Å². The summed E-state index contributed by atoms with van der Waals surface area (Å²) in [6, 6.07) is 7.25. The number of hydrogen-bond donors (Lipinski definition) is 1. The van der Waals surface area contributed by atoms with Crippen molar-refractivity contribution in [3.63, 3.8) is 0 Å². The molecule has 1 heterocycles. The number of amides is 1. The zero-order valence-corrected chi connectivity index (χ0v) is 16.1. The third-order valence-corrected chi connectivity index (χ3v) is 5.91. The van der Waals surface area contributed by atoms with Crippen LogP contribution in [0, 0.1) is 5.92 Å². The molecule has 0 spiro atoms. The number of benzene rings is 1. The molecule has 26 heavy (non-hydrogen) atoms. The van der Waals surface area contributed by atoms with E-state index in [9.17, 15) is 9.59 Å². The molecule has 1 amide bonds. The minimum atomic E-state index is -0.463. The van der Waals surface area contributed by atoms with Crippen molar-refractivity contribution in [2.75, 3.05) is 14.2 Å². The van der Waals surface area contributed by atoms with Crippen molar-refractivity contribution in [2.24, 2.45) is 5.92 Å². The van der Waals surface area contributed by atoms with Gasteiger partial charge in [-0.1, -0.05) is 13.0 Å². The van der Waals surface area contributed by atoms with E-state index < -0.39 is 5.97 Å². The Bertz CT molecular complexity index is 827. The average Bonchev–Trinajstić information content (AvgIpc) is 3.08. The fourth-order valence-electron chi connectivity index (χ4n) is 3.22. The molecule has 0 aliphatic heterocycles. The second-order valence-corrected chi connectivity index (χ2v) is 7.75. The van der Waals surface area contributed by atoms with E-state index in [0.717, 1.165) is 23.3 Å². The molecule has 1 aromatic heterocycles. The van der Waals surface area contributed by atoms with Crippen LogP contribution in [0.15, 0.2) is 24.3 Å². The number of methoxy groups -OCH3 is 2. The molecule has 3 rings (SSSR count). The van der Waals surface area contributed by atoms with E-state index in [1.165, 1.54) is 31.1 Å². The van der Waals surface area contributed by atoms with Gasteiger partial charge in [0.25, 0.3) is 5.91 Å². The molecule has 0 radical (unpaired) electrons. The Hall–Kier alpha value is -2.34. The van der Waals surface area contributed by atoms with Gasteiger partial charge in [-0.05, 0) is 54.5 Å². The zero-order valence-electron chi connectivity index (χ0n) is 15.3. The first-order valence-electron chi connectivity index (χ1n) is 8.66. The Kier molecular flexibility index (Phi) is 5.61. The van der Waals surface area contributed by atoms with Crippen molar-refractivity contribution in [3.05, 3.63) is 50.7 Å². The molecule has 2 aromatic rings. The van der Waals surface area contributed by atoms with E-state index in [0.29, 0.717) is 23.8 Å². The fraction of sp³-hybridized carbons (Fsp3) is 0.400. The number of ether oxygens (including phenoxy) is 2. The Balaban J connectivity index is 1.69. The van der Waals surface area contributed by atoms with Crippen LogP contribution in [0.3, 0.4) is 0 Å². The molecule has 1 N–H and O–H groups in total. The summed E-state index contributed by atoms with van der Waals surface area (Å²) in [4.78, 5) is 26.4. The number of aryl methyl sites for hydroxylation is 1. The maximum absolute atomic E-state index is 12.5. The van der Waals surface area contributed by atoms with E-state index in [2.05, 4.69) is 12.2 Å². The van der Waals surface area contributed by atoms with Crippen molar-refractivity contribution in [2.45, 2.75) is 32.7 Å². The third-order valence-electron chi connectivity index (χ3n) is 4.68. The van der Waals surface area contributed by atoms with Crippen LogP contribution >= 0.6 is 11.3 Å². The second kappa shape index (κ2) is 7.91. The summed E-state index contributed by atoms with van der Waals surface area (Å²) in [6.07, 6.45) is 3.31. The van der Waals surface area contributed by atoms with Crippen molar-refractivity contribution >= 4 is 23.2 Å². The predicted molar refractivity (Wildman–Crippen MR) is 101 cm³/mol. The molecular formula is C20H23NO4S. The van der Waals surface area contributed by atoms with Crippen LogP contribution in [0.2, 0.25) is 0 Å². The Morgan fingerprint density at radius 1 is 1.27 bits per heavy atom. The SMILES string of the molecule is COC(=O)c1cc(CNC(=O)c2cc3c(s2)CCC(C)C3)ccc1OC. The number of hydrogen-bond acceptors (Lipinski definition) is 5. The number of esters is 1. The normalized spacial score (nSPS) is 15.9. The van der Waals surface area contributed by atoms with Crippen molar-refractivity contribution in [3.8, 4) is 5.75 Å². The summed E-state index contributed by atoms with van der Waals surface area (Å²) in [5, 5.41) is 2.94. The van der Waals surface area contributed by atoms with Crippen molar-refractivity contribution < 1.29 is 19.1 Å². The minimum Gasteiger partial charge on any atom is -0.496 e. The van der Waals surface area contributed by atoms with Gasteiger partial charge >= 0.3 is 5.97 Å². The largest absolute Gasteiger partial charge is 0.496 e. The number of carbonyl (C=O) groups is 2. The zero-order chi connectivity index (χ0) is 18.7. The average molecular weight is 373 g/mol. The summed E-state index contributed by atoms with van der Waals surface area (Å²) < 4.78 is 9.97. The first kappa shape index (κ1) is 18.5. The lowest BCUT2D eigenvalue weighted by Crippen LogP contribution is -2.22. The van der Waals surface area contributed by atoms with Crippen LogP contribution in [0.1, 0.15) is 49.4 Å². The molecule has 1 aromatic carbocycles. The molecule has 0 saturated carbocycles. The molecule has 1 unspecified atom stereocenters. The lowest BCUT2D eigenvalue weighted by Gasteiger charge is -2.16. The minimum absolute atomic E-state index is 0.0764. The number of carbonyl (C=O) groups excluding carboxylic acids is 2. The Morgan fingerprint density at radius 3 is 2.81 bits per heavy atom. The highest BCUT2D eigenvalue weighted by atomic mass is 32.1. The van der Waals surface area contributed by atoms with Crippen LogP contribution in [-0.4, -0.2) is 26.1 Å². The summed E-state index contributed by atoms with van der Waals surface area (Å²) in [6.45, 7) is 2.59. The second-order valence-electron chi connectivity index (χ2n) is 6.62. The van der Waals surface area contributed by atoms with Gasteiger partial charge in [0.15, 0.2) is 0 Å². The number of thiophene rings is 1. The summed E-state index contributed by atoms with van der Waals surface area (Å²) in [7, 11) is 2.83. The molecule has 0 saturated heterocycles. The maximum Gasteiger partial charge on any atom is 0.341 e. The van der Waals surface area contributed by atoms with Crippen LogP contribution in [0.5, 0.6) is 5.75 Å². The number of rotatable bonds is 5. The molecule has 1 atom stereocenters. The molecule has 6 heteroatoms. The Morgan fingerprint density at radius 2 is 2.08 bits per heavy atom. The highest BCUT2D eigenvalue weighted by molar-refractivity contribution is 7.14. The maximum atomic E-state index is 12.5. The monoisotopic (exact) mass is 373 g/mol. The Labute approximate surface area is 157 Å². The lowest BCUT2D eigenvalue weighted by atomic mass is 9.90. The van der Waals surface area contributed by atoms with Gasteiger partial charge in [-0.2, -0.15) is 0 Å². The lowest BCUT2D eigenvalue weighted by molar-refractivity contribution is 0.0597. The first-order valence-corrected chi connectivity index (χ1v) is 9.48. The smallest absolute Gasteiger partial charge is 0.341 e. The van der Waals surface area contributed by atoms with Gasteiger partial charge < -0.3 is 14.8 Å². The molecule has 5 nitrogen and oxygen atoms in total. The van der Waals surface area contributed by atoms with Gasteiger partial charge in [-0.25, -0.2) is 4.79 Å². The van der Waals surface area contributed by atoms with Gasteiger partial charge in [-0.3, -0.25) is 4.79 Å². The standard InChI is InChI=1S/C20H23NO4S/c1-12-4-7-17-14(8-12)10-18(26-17)19(22)21-11-13-5-6-16(24-2)15(9-13)20(23)25-3/h5-6,9-10,12H,4,7-8,11H2,1-3H3,(H,21,22). The van der Waals surface area contributed by atoms with Crippen molar-refractivity contribution in [1.82, 2.24) is 5.32 Å². The van der Waals surface area contributed by atoms with Gasteiger partial charge in [-0.15, -0.1) is 11.3 Å². The van der Waals surface area contributed by atoms with Gasteiger partial charge in [0.1, 0.15) is 11.3 Å². The summed E-state index contributed by atoms with van der Waals surface area (Å²) in [5.41, 5.74) is 2.48. The fourth-order valence-corrected chi connectivity index (χ4v) is 4.35. The third kappa shape index (κ3) is 3.90. The van der Waals surface area contributed by atoms with Gasteiger partial charge in [0, 0.05) is 11.4 Å². The van der Waals surface area contributed by atoms with Crippen LogP contribution in [0.4, 0.5) is 0 Å². The highest BCUT2D eigenvalue weighted by Gasteiger charge is 2.21. The summed E-state index contributed by atoms with van der Waals surface area (Å²) in [5.74, 6) is 0.596. The van der Waals surface area contributed by atoms with Crippen LogP contribution < -0.4 is 10.1 Å². The molecule has 1 aliphatic carbocycles. The van der Waals surface area contributed by atoms with E-state index >= 15 is 0 Å². The van der Waals surface area contributed by atoms with E-state index in [-0.39, 0.29) is 5.91 Å². The predicted octanol–water partition coefficient (Wildman–Crippen LogP) is 3.60. The topological polar surface area (TPSA) is 64.6 Å². The molecule has 0 fully saturated rings.